The van der Waals surface area contributed by atoms with E-state index in [4.69, 9.17) is 5.73 Å². The number of hydrogen-bond donors (Lipinski definition) is 2. The lowest BCUT2D eigenvalue weighted by Crippen LogP contribution is -2.28. The van der Waals surface area contributed by atoms with E-state index in [1.54, 1.807) is 12.1 Å². The SMILES string of the molecule is CC1CCC(CCNS(=O)(=O)Cc2ccccc2N)CC1. The molecule has 1 aliphatic carbocycles. The first-order valence-electron chi connectivity index (χ1n) is 7.77. The number of nitrogens with two attached hydrogens (primary N) is 1. The predicted octanol–water partition coefficient (Wildman–Crippen LogP) is 2.90. The molecule has 0 aliphatic heterocycles. The van der Waals surface area contributed by atoms with Crippen LogP contribution < -0.4 is 10.5 Å². The maximum Gasteiger partial charge on any atom is 0.215 e. The molecule has 5 heteroatoms. The summed E-state index contributed by atoms with van der Waals surface area (Å²) in [7, 11) is -3.30. The van der Waals surface area contributed by atoms with Crippen molar-refractivity contribution in [1.82, 2.24) is 4.72 Å². The zero-order valence-corrected chi connectivity index (χ0v) is 13.5. The number of anilines is 1. The molecule has 21 heavy (non-hydrogen) atoms. The summed E-state index contributed by atoms with van der Waals surface area (Å²) in [6.07, 6.45) is 5.95. The third kappa shape index (κ3) is 5.32. The third-order valence-corrected chi connectivity index (χ3v) is 5.75. The Hall–Kier alpha value is -1.07. The molecule has 1 aromatic rings. The van der Waals surface area contributed by atoms with Gasteiger partial charge in [-0.25, -0.2) is 13.1 Å². The molecule has 4 nitrogen and oxygen atoms in total. The minimum Gasteiger partial charge on any atom is -0.398 e. The van der Waals surface area contributed by atoms with Gasteiger partial charge < -0.3 is 5.73 Å². The van der Waals surface area contributed by atoms with Crippen molar-refractivity contribution in [3.8, 4) is 0 Å². The molecule has 1 aromatic carbocycles. The standard InChI is InChI=1S/C16H26N2O2S/c1-13-6-8-14(9-7-13)10-11-18-21(19,20)12-15-4-2-3-5-16(15)17/h2-5,13-14,18H,6-12,17H2,1H3. The third-order valence-electron chi connectivity index (χ3n) is 4.41. The molecule has 0 atom stereocenters. The lowest BCUT2D eigenvalue weighted by atomic mass is 9.81. The van der Waals surface area contributed by atoms with E-state index in [0.717, 1.165) is 12.3 Å². The van der Waals surface area contributed by atoms with E-state index in [1.807, 2.05) is 12.1 Å². The first-order chi connectivity index (χ1) is 9.96. The molecule has 0 bridgehead atoms. The monoisotopic (exact) mass is 310 g/mol. The van der Waals surface area contributed by atoms with Gasteiger partial charge >= 0.3 is 0 Å². The van der Waals surface area contributed by atoms with Gasteiger partial charge in [0.05, 0.1) is 5.75 Å². The number of nitrogens with one attached hydrogen (secondary N) is 1. The van der Waals surface area contributed by atoms with Gasteiger partial charge in [0, 0.05) is 12.2 Å². The highest BCUT2D eigenvalue weighted by Gasteiger charge is 2.19. The molecule has 3 N–H and O–H groups in total. The molecule has 1 aliphatic rings. The fourth-order valence-corrected chi connectivity index (χ4v) is 4.16. The zero-order valence-electron chi connectivity index (χ0n) is 12.7. The maximum absolute atomic E-state index is 12.1. The summed E-state index contributed by atoms with van der Waals surface area (Å²) in [6, 6.07) is 7.11. The van der Waals surface area contributed by atoms with Crippen molar-refractivity contribution in [2.45, 2.75) is 44.8 Å². The van der Waals surface area contributed by atoms with Crippen LogP contribution in [-0.2, 0) is 15.8 Å². The lowest BCUT2D eigenvalue weighted by Gasteiger charge is -2.26. The number of para-hydroxylation sites is 1. The van der Waals surface area contributed by atoms with Crippen LogP contribution in [0.5, 0.6) is 0 Å². The van der Waals surface area contributed by atoms with Gasteiger partial charge in [-0.1, -0.05) is 50.8 Å². The first-order valence-corrected chi connectivity index (χ1v) is 9.42. The van der Waals surface area contributed by atoms with E-state index in [1.165, 1.54) is 25.7 Å². The smallest absolute Gasteiger partial charge is 0.215 e. The van der Waals surface area contributed by atoms with Crippen molar-refractivity contribution in [3.05, 3.63) is 29.8 Å². The summed E-state index contributed by atoms with van der Waals surface area (Å²) in [5.41, 5.74) is 6.99. The highest BCUT2D eigenvalue weighted by molar-refractivity contribution is 7.88. The molecule has 0 heterocycles. The summed E-state index contributed by atoms with van der Waals surface area (Å²) >= 11 is 0. The van der Waals surface area contributed by atoms with E-state index < -0.39 is 10.0 Å². The molecule has 0 saturated heterocycles. The van der Waals surface area contributed by atoms with Crippen LogP contribution in [0.25, 0.3) is 0 Å². The minimum atomic E-state index is -3.30. The average molecular weight is 310 g/mol. The molecule has 118 valence electrons. The Kier molecular flexibility index (Phi) is 5.65. The van der Waals surface area contributed by atoms with Crippen molar-refractivity contribution in [2.75, 3.05) is 12.3 Å². The Labute approximate surface area is 128 Å². The van der Waals surface area contributed by atoms with Crippen LogP contribution >= 0.6 is 0 Å². The topological polar surface area (TPSA) is 72.2 Å². The summed E-state index contributed by atoms with van der Waals surface area (Å²) in [5, 5.41) is 0. The molecule has 0 unspecified atom stereocenters. The zero-order chi connectivity index (χ0) is 15.3. The Morgan fingerprint density at radius 3 is 2.52 bits per heavy atom. The molecule has 0 spiro atoms. The predicted molar refractivity (Wildman–Crippen MR) is 87.2 cm³/mol. The summed E-state index contributed by atoms with van der Waals surface area (Å²) < 4.78 is 26.9. The van der Waals surface area contributed by atoms with Crippen molar-refractivity contribution in [2.24, 2.45) is 11.8 Å². The number of rotatable bonds is 6. The van der Waals surface area contributed by atoms with Gasteiger partial charge in [0.2, 0.25) is 10.0 Å². The molecule has 0 radical (unpaired) electrons. The summed E-state index contributed by atoms with van der Waals surface area (Å²) in [5.74, 6) is 1.46. The molecule has 2 rings (SSSR count). The Morgan fingerprint density at radius 1 is 1.19 bits per heavy atom. The van der Waals surface area contributed by atoms with Crippen molar-refractivity contribution < 1.29 is 8.42 Å². The Bertz CT molecular complexity index is 549. The van der Waals surface area contributed by atoms with Crippen molar-refractivity contribution in [3.63, 3.8) is 0 Å². The van der Waals surface area contributed by atoms with Crippen LogP contribution in [0, 0.1) is 11.8 Å². The van der Waals surface area contributed by atoms with Crippen LogP contribution in [-0.4, -0.2) is 15.0 Å². The second kappa shape index (κ2) is 7.27. The molecule has 0 aromatic heterocycles. The molecule has 1 saturated carbocycles. The van der Waals surface area contributed by atoms with Gasteiger partial charge in [-0.05, 0) is 29.9 Å². The number of hydrogen-bond acceptors (Lipinski definition) is 3. The number of sulfonamides is 1. The van der Waals surface area contributed by atoms with E-state index in [2.05, 4.69) is 11.6 Å². The summed E-state index contributed by atoms with van der Waals surface area (Å²) in [4.78, 5) is 0. The summed E-state index contributed by atoms with van der Waals surface area (Å²) in [6.45, 7) is 2.83. The van der Waals surface area contributed by atoms with Gasteiger partial charge in [-0.3, -0.25) is 0 Å². The van der Waals surface area contributed by atoms with Crippen LogP contribution in [0.1, 0.15) is 44.6 Å². The van der Waals surface area contributed by atoms with E-state index in [9.17, 15) is 8.42 Å². The van der Waals surface area contributed by atoms with E-state index in [-0.39, 0.29) is 5.75 Å². The quantitative estimate of drug-likeness (QED) is 0.794. The van der Waals surface area contributed by atoms with Gasteiger partial charge in [-0.2, -0.15) is 0 Å². The van der Waals surface area contributed by atoms with Crippen LogP contribution in [0.2, 0.25) is 0 Å². The molecular weight excluding hydrogens is 284 g/mol. The molecule has 1 fully saturated rings. The molecule has 0 amide bonds. The number of benzene rings is 1. The lowest BCUT2D eigenvalue weighted by molar-refractivity contribution is 0.278. The second-order valence-electron chi connectivity index (χ2n) is 6.27. The van der Waals surface area contributed by atoms with Crippen LogP contribution in [0.3, 0.4) is 0 Å². The Balaban J connectivity index is 1.78. The first kappa shape index (κ1) is 16.3. The highest BCUT2D eigenvalue weighted by Crippen LogP contribution is 2.30. The minimum absolute atomic E-state index is 0.0403. The van der Waals surface area contributed by atoms with Gasteiger partial charge in [-0.15, -0.1) is 0 Å². The fraction of sp³-hybridized carbons (Fsp3) is 0.625. The average Bonchev–Trinajstić information content (AvgIpc) is 2.43. The van der Waals surface area contributed by atoms with Crippen LogP contribution in [0.4, 0.5) is 5.69 Å². The second-order valence-corrected chi connectivity index (χ2v) is 8.07. The number of nitrogen functional groups attached to an aromatic ring is 1. The van der Waals surface area contributed by atoms with E-state index in [0.29, 0.717) is 23.7 Å². The van der Waals surface area contributed by atoms with Gasteiger partial charge in [0.15, 0.2) is 0 Å². The van der Waals surface area contributed by atoms with Crippen molar-refractivity contribution >= 4 is 15.7 Å². The van der Waals surface area contributed by atoms with Crippen LogP contribution in [0.15, 0.2) is 24.3 Å². The Morgan fingerprint density at radius 2 is 1.86 bits per heavy atom. The fourth-order valence-electron chi connectivity index (χ4n) is 2.96. The largest absolute Gasteiger partial charge is 0.398 e. The normalized spacial score (nSPS) is 23.1. The van der Waals surface area contributed by atoms with Gasteiger partial charge in [0.1, 0.15) is 0 Å². The van der Waals surface area contributed by atoms with Crippen molar-refractivity contribution in [1.29, 1.82) is 0 Å². The highest BCUT2D eigenvalue weighted by atomic mass is 32.2. The van der Waals surface area contributed by atoms with Gasteiger partial charge in [0.25, 0.3) is 0 Å². The maximum atomic E-state index is 12.1. The van der Waals surface area contributed by atoms with E-state index >= 15 is 0 Å². The molecular formula is C16H26N2O2S.